The van der Waals surface area contributed by atoms with Crippen molar-refractivity contribution in [2.45, 2.75) is 65.3 Å². The number of hydrogen-bond acceptors (Lipinski definition) is 2. The quantitative estimate of drug-likeness (QED) is 0.773. The molecule has 0 atom stereocenters. The van der Waals surface area contributed by atoms with E-state index in [1.807, 2.05) is 0 Å². The van der Waals surface area contributed by atoms with Crippen LogP contribution in [0.5, 0.6) is 0 Å². The molecule has 1 fully saturated rings. The van der Waals surface area contributed by atoms with Crippen LogP contribution in [0.1, 0.15) is 67.2 Å². The molecule has 2 N–H and O–H groups in total. The van der Waals surface area contributed by atoms with Gasteiger partial charge in [-0.1, -0.05) is 32.6 Å². The SMILES string of the molecule is CCCc1c(-c2ccsc2)c(C(N)=O)c(C)n1CC1CCCCC1. The van der Waals surface area contributed by atoms with Crippen molar-refractivity contribution in [2.75, 3.05) is 0 Å². The van der Waals surface area contributed by atoms with E-state index >= 15 is 0 Å². The number of carbonyl (C=O) groups is 1. The number of hydrogen-bond donors (Lipinski definition) is 1. The number of amides is 1. The highest BCUT2D eigenvalue weighted by Gasteiger charge is 2.26. The van der Waals surface area contributed by atoms with E-state index in [1.54, 1.807) is 11.3 Å². The molecule has 0 aliphatic heterocycles. The lowest BCUT2D eigenvalue weighted by atomic mass is 9.89. The standard InChI is InChI=1S/C20H28N2OS/c1-3-7-17-19(16-10-11-24-13-16)18(20(21)23)14(2)22(17)12-15-8-5-4-6-9-15/h10-11,13,15H,3-9,12H2,1-2H3,(H2,21,23). The third-order valence-corrected chi connectivity index (χ3v) is 6.02. The molecule has 0 spiro atoms. The maximum absolute atomic E-state index is 12.2. The Morgan fingerprint density at radius 1 is 1.33 bits per heavy atom. The summed E-state index contributed by atoms with van der Waals surface area (Å²) in [5.74, 6) is 0.435. The molecule has 2 aromatic rings. The van der Waals surface area contributed by atoms with E-state index in [1.165, 1.54) is 37.8 Å². The largest absolute Gasteiger partial charge is 0.366 e. The number of nitrogens with two attached hydrogens (primary N) is 1. The van der Waals surface area contributed by atoms with Crippen LogP contribution < -0.4 is 5.73 Å². The molecular formula is C20H28N2OS. The Hall–Kier alpha value is -1.55. The molecular weight excluding hydrogens is 316 g/mol. The summed E-state index contributed by atoms with van der Waals surface area (Å²) in [4.78, 5) is 12.2. The van der Waals surface area contributed by atoms with Gasteiger partial charge in [-0.05, 0) is 54.5 Å². The van der Waals surface area contributed by atoms with Gasteiger partial charge in [0.1, 0.15) is 0 Å². The van der Waals surface area contributed by atoms with Gasteiger partial charge >= 0.3 is 0 Å². The predicted molar refractivity (Wildman–Crippen MR) is 102 cm³/mol. The van der Waals surface area contributed by atoms with Gasteiger partial charge in [0.2, 0.25) is 0 Å². The molecule has 0 aromatic carbocycles. The van der Waals surface area contributed by atoms with Crippen LogP contribution in [-0.4, -0.2) is 10.5 Å². The summed E-state index contributed by atoms with van der Waals surface area (Å²) >= 11 is 1.67. The second kappa shape index (κ2) is 7.56. The van der Waals surface area contributed by atoms with Crippen molar-refractivity contribution < 1.29 is 4.79 Å². The summed E-state index contributed by atoms with van der Waals surface area (Å²) in [6.45, 7) is 5.30. The summed E-state index contributed by atoms with van der Waals surface area (Å²) in [5.41, 5.74) is 11.1. The highest BCUT2D eigenvalue weighted by Crippen LogP contribution is 2.36. The lowest BCUT2D eigenvalue weighted by molar-refractivity contribution is 0.1000. The monoisotopic (exact) mass is 344 g/mol. The van der Waals surface area contributed by atoms with Crippen LogP contribution in [0.4, 0.5) is 0 Å². The van der Waals surface area contributed by atoms with Gasteiger partial charge in [-0.2, -0.15) is 11.3 Å². The minimum Gasteiger partial charge on any atom is -0.366 e. The fourth-order valence-electron chi connectivity index (χ4n) is 4.19. The van der Waals surface area contributed by atoms with Crippen molar-refractivity contribution in [3.05, 3.63) is 33.8 Å². The average Bonchev–Trinajstić information content (AvgIpc) is 3.18. The van der Waals surface area contributed by atoms with Crippen LogP contribution in [0.15, 0.2) is 16.8 Å². The first-order valence-electron chi connectivity index (χ1n) is 9.17. The number of nitrogens with zero attached hydrogens (tertiary/aromatic N) is 1. The number of carbonyl (C=O) groups excluding carboxylic acids is 1. The van der Waals surface area contributed by atoms with Crippen LogP contribution in [-0.2, 0) is 13.0 Å². The molecule has 4 heteroatoms. The Balaban J connectivity index is 2.09. The fraction of sp³-hybridized carbons (Fsp3) is 0.550. The fourth-order valence-corrected chi connectivity index (χ4v) is 4.84. The highest BCUT2D eigenvalue weighted by atomic mass is 32.1. The minimum atomic E-state index is -0.298. The van der Waals surface area contributed by atoms with E-state index in [0.717, 1.165) is 47.7 Å². The molecule has 1 aliphatic carbocycles. The molecule has 1 aliphatic rings. The summed E-state index contributed by atoms with van der Waals surface area (Å²) in [6.07, 6.45) is 8.74. The minimum absolute atomic E-state index is 0.298. The second-order valence-electron chi connectivity index (χ2n) is 7.02. The van der Waals surface area contributed by atoms with Crippen molar-refractivity contribution in [2.24, 2.45) is 11.7 Å². The topological polar surface area (TPSA) is 48.0 Å². The van der Waals surface area contributed by atoms with Crippen LogP contribution in [0.2, 0.25) is 0 Å². The van der Waals surface area contributed by atoms with E-state index in [2.05, 4.69) is 35.2 Å². The molecule has 0 unspecified atom stereocenters. The second-order valence-corrected chi connectivity index (χ2v) is 7.80. The van der Waals surface area contributed by atoms with Crippen molar-refractivity contribution in [3.8, 4) is 11.1 Å². The molecule has 1 amide bonds. The summed E-state index contributed by atoms with van der Waals surface area (Å²) in [6, 6.07) is 2.11. The van der Waals surface area contributed by atoms with Gasteiger partial charge in [-0.3, -0.25) is 4.79 Å². The van der Waals surface area contributed by atoms with Crippen LogP contribution in [0.25, 0.3) is 11.1 Å². The van der Waals surface area contributed by atoms with Gasteiger partial charge in [-0.15, -0.1) is 0 Å². The molecule has 1 saturated carbocycles. The maximum Gasteiger partial charge on any atom is 0.251 e. The first-order valence-corrected chi connectivity index (χ1v) is 10.1. The number of primary amides is 1. The van der Waals surface area contributed by atoms with Gasteiger partial charge in [0.15, 0.2) is 0 Å². The zero-order valence-corrected chi connectivity index (χ0v) is 15.6. The van der Waals surface area contributed by atoms with Gasteiger partial charge in [-0.25, -0.2) is 0 Å². The molecule has 0 bridgehead atoms. The van der Waals surface area contributed by atoms with Gasteiger partial charge in [0, 0.05) is 23.5 Å². The third-order valence-electron chi connectivity index (χ3n) is 5.34. The molecule has 2 aromatic heterocycles. The van der Waals surface area contributed by atoms with Crippen LogP contribution in [0, 0.1) is 12.8 Å². The maximum atomic E-state index is 12.2. The molecule has 0 radical (unpaired) electrons. The zero-order chi connectivity index (χ0) is 17.1. The van der Waals surface area contributed by atoms with Crippen molar-refractivity contribution >= 4 is 17.2 Å². The summed E-state index contributed by atoms with van der Waals surface area (Å²) in [5, 5.41) is 4.20. The normalized spacial score (nSPS) is 15.8. The van der Waals surface area contributed by atoms with E-state index in [-0.39, 0.29) is 5.91 Å². The third kappa shape index (κ3) is 3.30. The molecule has 3 nitrogen and oxygen atoms in total. The molecule has 2 heterocycles. The van der Waals surface area contributed by atoms with Crippen molar-refractivity contribution in [3.63, 3.8) is 0 Å². The average molecular weight is 345 g/mol. The zero-order valence-electron chi connectivity index (χ0n) is 14.8. The van der Waals surface area contributed by atoms with Crippen LogP contribution >= 0.6 is 11.3 Å². The van der Waals surface area contributed by atoms with Crippen molar-refractivity contribution in [1.29, 1.82) is 0 Å². The van der Waals surface area contributed by atoms with E-state index in [9.17, 15) is 4.79 Å². The Morgan fingerprint density at radius 2 is 2.08 bits per heavy atom. The lowest BCUT2D eigenvalue weighted by Gasteiger charge is -2.24. The molecule has 0 saturated heterocycles. The van der Waals surface area contributed by atoms with Crippen LogP contribution in [0.3, 0.4) is 0 Å². The van der Waals surface area contributed by atoms with E-state index in [0.29, 0.717) is 0 Å². The Morgan fingerprint density at radius 3 is 2.67 bits per heavy atom. The van der Waals surface area contributed by atoms with Gasteiger partial charge in [0.25, 0.3) is 5.91 Å². The van der Waals surface area contributed by atoms with Gasteiger partial charge in [0.05, 0.1) is 5.56 Å². The highest BCUT2D eigenvalue weighted by molar-refractivity contribution is 7.08. The van der Waals surface area contributed by atoms with E-state index in [4.69, 9.17) is 5.73 Å². The summed E-state index contributed by atoms with van der Waals surface area (Å²) < 4.78 is 2.41. The smallest absolute Gasteiger partial charge is 0.251 e. The van der Waals surface area contributed by atoms with E-state index < -0.39 is 0 Å². The van der Waals surface area contributed by atoms with Crippen molar-refractivity contribution in [1.82, 2.24) is 4.57 Å². The number of rotatable bonds is 6. The Bertz CT molecular complexity index is 694. The first kappa shape index (κ1) is 17.3. The number of aromatic nitrogens is 1. The first-order chi connectivity index (χ1) is 11.6. The lowest BCUT2D eigenvalue weighted by Crippen LogP contribution is -2.18. The number of thiophene rings is 1. The Labute approximate surface area is 148 Å². The molecule has 130 valence electrons. The molecule has 24 heavy (non-hydrogen) atoms. The van der Waals surface area contributed by atoms with Gasteiger partial charge < -0.3 is 10.3 Å². The summed E-state index contributed by atoms with van der Waals surface area (Å²) in [7, 11) is 0. The molecule has 3 rings (SSSR count). The Kier molecular flexibility index (Phi) is 5.44. The predicted octanol–water partition coefficient (Wildman–Crippen LogP) is 5.16.